The number of amides is 2. The second-order valence-electron chi connectivity index (χ2n) is 5.14. The lowest BCUT2D eigenvalue weighted by atomic mass is 10.2. The van der Waals surface area contributed by atoms with Gasteiger partial charge in [-0.25, -0.2) is 4.98 Å². The Morgan fingerprint density at radius 1 is 1.04 bits per heavy atom. The van der Waals surface area contributed by atoms with Crippen LogP contribution in [0, 0.1) is 0 Å². The Balaban J connectivity index is 1.48. The van der Waals surface area contributed by atoms with Crippen LogP contribution < -0.4 is 15.6 Å². The number of hydrazine groups is 1. The maximum absolute atomic E-state index is 12.1. The highest BCUT2D eigenvalue weighted by Crippen LogP contribution is 2.24. The fraction of sp³-hybridized carbons (Fsp3) is 0.0556. The van der Waals surface area contributed by atoms with Crippen molar-refractivity contribution in [3.05, 3.63) is 70.1 Å². The van der Waals surface area contributed by atoms with Gasteiger partial charge in [-0.2, -0.15) is 0 Å². The van der Waals surface area contributed by atoms with Crippen molar-refractivity contribution in [2.45, 2.75) is 0 Å². The molecule has 2 amide bonds. The zero-order valence-electron chi connectivity index (χ0n) is 13.4. The molecule has 0 radical (unpaired) electrons. The summed E-state index contributed by atoms with van der Waals surface area (Å²) in [4.78, 5) is 28.5. The molecule has 26 heavy (non-hydrogen) atoms. The minimum atomic E-state index is -0.464. The number of nitrogens with zero attached hydrogens (tertiary/aromatic N) is 1. The summed E-state index contributed by atoms with van der Waals surface area (Å²) in [6, 6.07) is 16.6. The Morgan fingerprint density at radius 3 is 2.50 bits per heavy atom. The monoisotopic (exact) mass is 431 g/mol. The summed E-state index contributed by atoms with van der Waals surface area (Å²) in [5.41, 5.74) is 5.60. The molecule has 0 aliphatic heterocycles. The number of carbonyl (C=O) groups is 2. The Labute approximate surface area is 162 Å². The predicted octanol–water partition coefficient (Wildman–Crippen LogP) is 3.41. The van der Waals surface area contributed by atoms with Gasteiger partial charge in [0, 0.05) is 10.0 Å². The van der Waals surface area contributed by atoms with Crippen molar-refractivity contribution in [1.29, 1.82) is 0 Å². The summed E-state index contributed by atoms with van der Waals surface area (Å²) >= 11 is 4.57. The van der Waals surface area contributed by atoms with Crippen molar-refractivity contribution in [3.8, 4) is 16.3 Å². The van der Waals surface area contributed by atoms with E-state index >= 15 is 0 Å². The fourth-order valence-corrected chi connectivity index (χ4v) is 3.08. The molecule has 3 aromatic rings. The molecule has 132 valence electrons. The Kier molecular flexibility index (Phi) is 5.98. The normalized spacial score (nSPS) is 10.2. The minimum absolute atomic E-state index is 0.208. The van der Waals surface area contributed by atoms with Gasteiger partial charge in [-0.05, 0) is 24.3 Å². The van der Waals surface area contributed by atoms with Crippen LogP contribution in [0.5, 0.6) is 5.75 Å². The largest absolute Gasteiger partial charge is 0.484 e. The number of thiazole rings is 1. The number of carbonyl (C=O) groups excluding carboxylic acids is 2. The van der Waals surface area contributed by atoms with Gasteiger partial charge in [-0.15, -0.1) is 11.3 Å². The molecule has 1 heterocycles. The van der Waals surface area contributed by atoms with Crippen molar-refractivity contribution in [3.63, 3.8) is 0 Å². The summed E-state index contributed by atoms with van der Waals surface area (Å²) in [5.74, 6) is -0.333. The van der Waals surface area contributed by atoms with Gasteiger partial charge in [-0.1, -0.05) is 46.3 Å². The number of aromatic nitrogens is 1. The molecular weight excluding hydrogens is 418 g/mol. The van der Waals surface area contributed by atoms with E-state index in [1.807, 2.05) is 42.5 Å². The molecule has 6 nitrogen and oxygen atoms in total. The van der Waals surface area contributed by atoms with Crippen LogP contribution in [0.15, 0.2) is 65.3 Å². The first kappa shape index (κ1) is 18.1. The standard InChI is InChI=1S/C18H14BrN3O3S/c19-13-6-8-14(9-7-13)25-11-16(23)21-22-17(24)15-10-20-18(26-15)12-4-2-1-3-5-12/h1-10H,11H2,(H,21,23)(H,22,24). The molecule has 0 fully saturated rings. The molecule has 2 N–H and O–H groups in total. The van der Waals surface area contributed by atoms with Crippen LogP contribution in [0.4, 0.5) is 0 Å². The highest BCUT2D eigenvalue weighted by atomic mass is 79.9. The third-order valence-electron chi connectivity index (χ3n) is 3.25. The van der Waals surface area contributed by atoms with Gasteiger partial charge in [0.25, 0.3) is 11.8 Å². The average molecular weight is 432 g/mol. The second kappa shape index (κ2) is 8.59. The van der Waals surface area contributed by atoms with E-state index in [4.69, 9.17) is 4.74 Å². The Bertz CT molecular complexity index is 898. The number of nitrogens with one attached hydrogen (secondary N) is 2. The summed E-state index contributed by atoms with van der Waals surface area (Å²) in [5, 5.41) is 0.737. The van der Waals surface area contributed by atoms with Crippen LogP contribution in [0.2, 0.25) is 0 Å². The van der Waals surface area contributed by atoms with Crippen LogP contribution in [-0.2, 0) is 4.79 Å². The molecule has 0 aliphatic carbocycles. The van der Waals surface area contributed by atoms with Crippen molar-refractivity contribution in [2.24, 2.45) is 0 Å². The number of benzene rings is 2. The van der Waals surface area contributed by atoms with E-state index in [0.717, 1.165) is 15.0 Å². The molecule has 1 aromatic heterocycles. The number of rotatable bonds is 5. The molecular formula is C18H14BrN3O3S. The lowest BCUT2D eigenvalue weighted by molar-refractivity contribution is -0.123. The maximum Gasteiger partial charge on any atom is 0.281 e. The SMILES string of the molecule is O=C(COc1ccc(Br)cc1)NNC(=O)c1cnc(-c2ccccc2)s1. The molecule has 8 heteroatoms. The smallest absolute Gasteiger partial charge is 0.281 e. The second-order valence-corrected chi connectivity index (χ2v) is 7.09. The zero-order chi connectivity index (χ0) is 18.4. The maximum atomic E-state index is 12.1. The van der Waals surface area contributed by atoms with E-state index in [-0.39, 0.29) is 6.61 Å². The molecule has 2 aromatic carbocycles. The van der Waals surface area contributed by atoms with Crippen LogP contribution in [0.1, 0.15) is 9.67 Å². The third-order valence-corrected chi connectivity index (χ3v) is 4.82. The van der Waals surface area contributed by atoms with E-state index in [0.29, 0.717) is 10.6 Å². The highest BCUT2D eigenvalue weighted by Gasteiger charge is 2.12. The summed E-state index contributed by atoms with van der Waals surface area (Å²) in [6.45, 7) is -0.208. The molecule has 0 spiro atoms. The van der Waals surface area contributed by atoms with Gasteiger partial charge < -0.3 is 4.74 Å². The number of ether oxygens (including phenoxy) is 1. The number of halogens is 1. The van der Waals surface area contributed by atoms with Gasteiger partial charge in [0.2, 0.25) is 0 Å². The van der Waals surface area contributed by atoms with Crippen LogP contribution in [0.3, 0.4) is 0 Å². The first-order valence-corrected chi connectivity index (χ1v) is 9.21. The van der Waals surface area contributed by atoms with Crippen molar-refractivity contribution in [1.82, 2.24) is 15.8 Å². The van der Waals surface area contributed by atoms with E-state index in [1.54, 1.807) is 12.1 Å². The van der Waals surface area contributed by atoms with Crippen LogP contribution >= 0.6 is 27.3 Å². The van der Waals surface area contributed by atoms with Crippen molar-refractivity contribution < 1.29 is 14.3 Å². The quantitative estimate of drug-likeness (QED) is 0.606. The van der Waals surface area contributed by atoms with Gasteiger partial charge >= 0.3 is 0 Å². The van der Waals surface area contributed by atoms with Crippen molar-refractivity contribution in [2.75, 3.05) is 6.61 Å². The van der Waals surface area contributed by atoms with Crippen molar-refractivity contribution >= 4 is 39.1 Å². The molecule has 0 unspecified atom stereocenters. The van der Waals surface area contributed by atoms with E-state index in [1.165, 1.54) is 17.5 Å². The van der Waals surface area contributed by atoms with Crippen LogP contribution in [0.25, 0.3) is 10.6 Å². The van der Waals surface area contributed by atoms with Gasteiger partial charge in [0.15, 0.2) is 6.61 Å². The zero-order valence-corrected chi connectivity index (χ0v) is 15.8. The van der Waals surface area contributed by atoms with Gasteiger partial charge in [0.1, 0.15) is 15.6 Å². The lowest BCUT2D eigenvalue weighted by Crippen LogP contribution is -2.43. The summed E-state index contributed by atoms with van der Waals surface area (Å²) in [7, 11) is 0. The first-order valence-electron chi connectivity index (χ1n) is 7.60. The molecule has 0 atom stereocenters. The lowest BCUT2D eigenvalue weighted by Gasteiger charge is -2.08. The number of hydrogen-bond donors (Lipinski definition) is 2. The number of hydrogen-bond acceptors (Lipinski definition) is 5. The van der Waals surface area contributed by atoms with Gasteiger partial charge in [0.05, 0.1) is 6.20 Å². The molecule has 0 aliphatic rings. The molecule has 0 saturated heterocycles. The molecule has 0 bridgehead atoms. The average Bonchev–Trinajstić information content (AvgIpc) is 3.17. The predicted molar refractivity (Wildman–Crippen MR) is 103 cm³/mol. The van der Waals surface area contributed by atoms with Gasteiger partial charge in [-0.3, -0.25) is 20.4 Å². The van der Waals surface area contributed by atoms with E-state index < -0.39 is 11.8 Å². The fourth-order valence-electron chi connectivity index (χ4n) is 2.00. The highest BCUT2D eigenvalue weighted by molar-refractivity contribution is 9.10. The topological polar surface area (TPSA) is 80.3 Å². The third kappa shape index (κ3) is 4.90. The van der Waals surface area contributed by atoms with E-state index in [2.05, 4.69) is 31.8 Å². The molecule has 3 rings (SSSR count). The Morgan fingerprint density at radius 2 is 1.77 bits per heavy atom. The summed E-state index contributed by atoms with van der Waals surface area (Å²) in [6.07, 6.45) is 1.48. The first-order chi connectivity index (χ1) is 12.6. The molecule has 0 saturated carbocycles. The van der Waals surface area contributed by atoms with E-state index in [9.17, 15) is 9.59 Å². The minimum Gasteiger partial charge on any atom is -0.484 e. The Hall–Kier alpha value is -2.71. The summed E-state index contributed by atoms with van der Waals surface area (Å²) < 4.78 is 6.25. The van der Waals surface area contributed by atoms with Crippen LogP contribution in [-0.4, -0.2) is 23.4 Å².